The SMILES string of the molecule is C=CCn1c(=NC(=O)Cc2ccc(S(C)(=O)=O)cc2)sc2cc(Br)ccc21. The van der Waals surface area contributed by atoms with Crippen molar-refractivity contribution in [3.8, 4) is 0 Å². The van der Waals surface area contributed by atoms with Crippen molar-refractivity contribution >= 4 is 53.2 Å². The standard InChI is InChI=1S/C19H17BrN2O3S2/c1-3-10-22-16-9-6-14(20)12-17(16)26-19(22)21-18(23)11-13-4-7-15(8-5-13)27(2,24)25/h3-9,12H,1,10-11H2,2H3. The zero-order chi connectivity index (χ0) is 19.6. The second-order valence-corrected chi connectivity index (χ2v) is 9.93. The molecule has 8 heteroatoms. The van der Waals surface area contributed by atoms with Gasteiger partial charge in [-0.2, -0.15) is 4.99 Å². The van der Waals surface area contributed by atoms with Gasteiger partial charge in [0.05, 0.1) is 21.5 Å². The summed E-state index contributed by atoms with van der Waals surface area (Å²) in [5, 5.41) is 0. The van der Waals surface area contributed by atoms with Crippen molar-refractivity contribution in [1.29, 1.82) is 0 Å². The van der Waals surface area contributed by atoms with Gasteiger partial charge in [0.15, 0.2) is 14.6 Å². The Morgan fingerprint density at radius 2 is 1.96 bits per heavy atom. The van der Waals surface area contributed by atoms with E-state index in [4.69, 9.17) is 0 Å². The molecule has 0 fully saturated rings. The van der Waals surface area contributed by atoms with E-state index < -0.39 is 9.84 Å². The van der Waals surface area contributed by atoms with Crippen molar-refractivity contribution in [2.24, 2.45) is 4.99 Å². The highest BCUT2D eigenvalue weighted by Crippen LogP contribution is 2.22. The lowest BCUT2D eigenvalue weighted by Gasteiger charge is -2.02. The van der Waals surface area contributed by atoms with E-state index in [0.29, 0.717) is 11.3 Å². The van der Waals surface area contributed by atoms with Crippen molar-refractivity contribution < 1.29 is 13.2 Å². The normalized spacial score (nSPS) is 12.4. The lowest BCUT2D eigenvalue weighted by atomic mass is 10.1. The number of carbonyl (C=O) groups excluding carboxylic acids is 1. The zero-order valence-electron chi connectivity index (χ0n) is 14.6. The average Bonchev–Trinajstić information content (AvgIpc) is 2.91. The minimum atomic E-state index is -3.25. The summed E-state index contributed by atoms with van der Waals surface area (Å²) < 4.78 is 27.0. The van der Waals surface area contributed by atoms with Crippen molar-refractivity contribution in [1.82, 2.24) is 4.57 Å². The molecule has 0 aliphatic heterocycles. The first kappa shape index (κ1) is 19.7. The first-order valence-corrected chi connectivity index (χ1v) is 11.5. The fourth-order valence-electron chi connectivity index (χ4n) is 2.61. The van der Waals surface area contributed by atoms with Crippen LogP contribution >= 0.6 is 27.3 Å². The first-order valence-electron chi connectivity index (χ1n) is 8.04. The molecule has 1 heterocycles. The predicted molar refractivity (Wildman–Crippen MR) is 112 cm³/mol. The van der Waals surface area contributed by atoms with E-state index in [1.54, 1.807) is 18.2 Å². The van der Waals surface area contributed by atoms with E-state index in [1.165, 1.54) is 23.5 Å². The van der Waals surface area contributed by atoms with Gasteiger partial charge in [0, 0.05) is 17.3 Å². The van der Waals surface area contributed by atoms with Gasteiger partial charge in [-0.05, 0) is 35.9 Å². The molecule has 3 rings (SSSR count). The number of allylic oxidation sites excluding steroid dienone is 1. The number of hydrogen-bond donors (Lipinski definition) is 0. The van der Waals surface area contributed by atoms with E-state index in [9.17, 15) is 13.2 Å². The number of fused-ring (bicyclic) bond motifs is 1. The maximum atomic E-state index is 12.4. The summed E-state index contributed by atoms with van der Waals surface area (Å²) in [6.45, 7) is 4.33. The molecule has 5 nitrogen and oxygen atoms in total. The van der Waals surface area contributed by atoms with Crippen LogP contribution in [0.2, 0.25) is 0 Å². The average molecular weight is 465 g/mol. The second kappa shape index (κ2) is 7.92. The van der Waals surface area contributed by atoms with Crippen LogP contribution in [0.5, 0.6) is 0 Å². The minimum Gasteiger partial charge on any atom is -0.313 e. The third kappa shape index (κ3) is 4.63. The Labute approximate surface area is 169 Å². The van der Waals surface area contributed by atoms with Crippen LogP contribution in [0.25, 0.3) is 10.2 Å². The Balaban J connectivity index is 1.93. The minimum absolute atomic E-state index is 0.107. The molecule has 1 amide bonds. The Morgan fingerprint density at radius 1 is 1.26 bits per heavy atom. The van der Waals surface area contributed by atoms with Crippen LogP contribution in [0.15, 0.2) is 69.5 Å². The Hall–Kier alpha value is -2.03. The van der Waals surface area contributed by atoms with Crippen molar-refractivity contribution in [2.45, 2.75) is 17.9 Å². The number of rotatable bonds is 5. The number of amides is 1. The van der Waals surface area contributed by atoms with Crippen LogP contribution in [0, 0.1) is 0 Å². The fraction of sp³-hybridized carbons (Fsp3) is 0.158. The lowest BCUT2D eigenvalue weighted by molar-refractivity contribution is -0.117. The third-order valence-electron chi connectivity index (χ3n) is 3.88. The smallest absolute Gasteiger partial charge is 0.252 e. The molecule has 140 valence electrons. The van der Waals surface area contributed by atoms with Crippen LogP contribution < -0.4 is 4.80 Å². The summed E-state index contributed by atoms with van der Waals surface area (Å²) in [5.74, 6) is -0.287. The first-order chi connectivity index (χ1) is 12.8. The van der Waals surface area contributed by atoms with Gasteiger partial charge < -0.3 is 4.57 Å². The Morgan fingerprint density at radius 3 is 2.59 bits per heavy atom. The molecule has 0 aliphatic carbocycles. The van der Waals surface area contributed by atoms with E-state index in [2.05, 4.69) is 27.5 Å². The van der Waals surface area contributed by atoms with E-state index in [-0.39, 0.29) is 17.2 Å². The second-order valence-electron chi connectivity index (χ2n) is 5.99. The van der Waals surface area contributed by atoms with Gasteiger partial charge in [0.1, 0.15) is 0 Å². The number of halogens is 1. The topological polar surface area (TPSA) is 68.5 Å². The quantitative estimate of drug-likeness (QED) is 0.540. The van der Waals surface area contributed by atoms with Crippen molar-refractivity contribution in [2.75, 3.05) is 6.26 Å². The van der Waals surface area contributed by atoms with E-state index in [1.807, 2.05) is 22.8 Å². The van der Waals surface area contributed by atoms with Crippen LogP contribution in [0.4, 0.5) is 0 Å². The summed E-state index contributed by atoms with van der Waals surface area (Å²) in [5.41, 5.74) is 1.71. The molecule has 0 radical (unpaired) electrons. The van der Waals surface area contributed by atoms with Crippen molar-refractivity contribution in [3.63, 3.8) is 0 Å². The number of benzene rings is 2. The molecule has 0 N–H and O–H groups in total. The molecular formula is C19H17BrN2O3S2. The number of carbonyl (C=O) groups is 1. The van der Waals surface area contributed by atoms with Crippen molar-refractivity contribution in [3.05, 3.63) is 70.0 Å². The summed E-state index contributed by atoms with van der Waals surface area (Å²) in [6.07, 6.45) is 3.03. The predicted octanol–water partition coefficient (Wildman–Crippen LogP) is 3.72. The van der Waals surface area contributed by atoms with Gasteiger partial charge in [-0.15, -0.1) is 6.58 Å². The largest absolute Gasteiger partial charge is 0.313 e. The highest BCUT2D eigenvalue weighted by molar-refractivity contribution is 9.10. The number of nitrogens with zero attached hydrogens (tertiary/aromatic N) is 2. The fourth-order valence-corrected chi connectivity index (χ4v) is 4.85. The third-order valence-corrected chi connectivity index (χ3v) is 6.55. The highest BCUT2D eigenvalue weighted by Gasteiger charge is 2.10. The van der Waals surface area contributed by atoms with Gasteiger partial charge in [0.25, 0.3) is 5.91 Å². The van der Waals surface area contributed by atoms with Crippen LogP contribution in [0.1, 0.15) is 5.56 Å². The summed E-state index contributed by atoms with van der Waals surface area (Å²) in [4.78, 5) is 17.6. The number of thiazole rings is 1. The monoisotopic (exact) mass is 464 g/mol. The van der Waals surface area contributed by atoms with Gasteiger partial charge >= 0.3 is 0 Å². The maximum absolute atomic E-state index is 12.4. The summed E-state index contributed by atoms with van der Waals surface area (Å²) in [6, 6.07) is 12.2. The molecule has 0 saturated heterocycles. The number of hydrogen-bond acceptors (Lipinski definition) is 4. The molecule has 0 saturated carbocycles. The van der Waals surface area contributed by atoms with E-state index >= 15 is 0 Å². The van der Waals surface area contributed by atoms with Gasteiger partial charge in [-0.3, -0.25) is 4.79 Å². The molecule has 0 spiro atoms. The van der Waals surface area contributed by atoms with Crippen LogP contribution in [-0.2, 0) is 27.6 Å². The van der Waals surface area contributed by atoms with Gasteiger partial charge in [-0.25, -0.2) is 8.42 Å². The van der Waals surface area contributed by atoms with E-state index in [0.717, 1.165) is 26.5 Å². The molecule has 0 atom stereocenters. The lowest BCUT2D eigenvalue weighted by Crippen LogP contribution is -2.16. The molecular weight excluding hydrogens is 448 g/mol. The van der Waals surface area contributed by atoms with Gasteiger partial charge in [0.2, 0.25) is 0 Å². The summed E-state index contributed by atoms with van der Waals surface area (Å²) in [7, 11) is -3.25. The molecule has 27 heavy (non-hydrogen) atoms. The van der Waals surface area contributed by atoms with Crippen LogP contribution in [-0.4, -0.2) is 25.1 Å². The molecule has 0 bridgehead atoms. The molecule has 0 aliphatic rings. The Kier molecular flexibility index (Phi) is 5.78. The molecule has 2 aromatic carbocycles. The molecule has 1 aromatic heterocycles. The highest BCUT2D eigenvalue weighted by atomic mass is 79.9. The number of sulfone groups is 1. The van der Waals surface area contributed by atoms with Crippen LogP contribution in [0.3, 0.4) is 0 Å². The zero-order valence-corrected chi connectivity index (χ0v) is 17.8. The maximum Gasteiger partial charge on any atom is 0.252 e. The molecule has 0 unspecified atom stereocenters. The van der Waals surface area contributed by atoms with Gasteiger partial charge in [-0.1, -0.05) is 45.5 Å². The molecule has 3 aromatic rings. The Bertz CT molecular complexity index is 1190. The summed E-state index contributed by atoms with van der Waals surface area (Å²) >= 11 is 4.90. The number of aromatic nitrogens is 1.